The zero-order valence-corrected chi connectivity index (χ0v) is 10.5. The summed E-state index contributed by atoms with van der Waals surface area (Å²) >= 11 is 0. The summed E-state index contributed by atoms with van der Waals surface area (Å²) in [5.41, 5.74) is 6.86. The molecule has 90 valence electrons. The van der Waals surface area contributed by atoms with Crippen LogP contribution in [0.3, 0.4) is 0 Å². The van der Waals surface area contributed by atoms with Crippen LogP contribution >= 0.6 is 0 Å². The van der Waals surface area contributed by atoms with Crippen molar-refractivity contribution in [3.8, 4) is 0 Å². The van der Waals surface area contributed by atoms with Gasteiger partial charge in [-0.2, -0.15) is 0 Å². The van der Waals surface area contributed by atoms with Crippen molar-refractivity contribution in [1.82, 2.24) is 0 Å². The molecule has 0 fully saturated rings. The molecule has 0 aliphatic heterocycles. The molecule has 5 heteroatoms. The highest BCUT2D eigenvalue weighted by molar-refractivity contribution is 7.91. The first-order chi connectivity index (χ1) is 7.38. The molecule has 0 aromatic heterocycles. The normalized spacial score (nSPS) is 13.7. The van der Waals surface area contributed by atoms with Gasteiger partial charge in [0.05, 0.1) is 22.4 Å². The lowest BCUT2D eigenvalue weighted by atomic mass is 10.2. The van der Waals surface area contributed by atoms with Crippen LogP contribution in [0.2, 0.25) is 0 Å². The number of hydrogen-bond donors (Lipinski definition) is 1. The summed E-state index contributed by atoms with van der Waals surface area (Å²) in [5, 5.41) is 0. The zero-order valence-electron chi connectivity index (χ0n) is 9.73. The van der Waals surface area contributed by atoms with Gasteiger partial charge in [-0.25, -0.2) is 8.42 Å². The average Bonchev–Trinajstić information content (AvgIpc) is 2.21. The van der Waals surface area contributed by atoms with Gasteiger partial charge in [-0.05, 0) is 25.5 Å². The number of nitrogen functional groups attached to an aromatic ring is 1. The highest BCUT2D eigenvalue weighted by Gasteiger charge is 2.21. The number of methoxy groups -OCH3 is 1. The van der Waals surface area contributed by atoms with Crippen molar-refractivity contribution in [3.63, 3.8) is 0 Å². The Bertz CT molecular complexity index is 468. The summed E-state index contributed by atoms with van der Waals surface area (Å²) in [6, 6.07) is 5.00. The number of nitrogens with two attached hydrogens (primary N) is 1. The average molecular weight is 243 g/mol. The fraction of sp³-hybridized carbons (Fsp3) is 0.455. The molecule has 0 saturated heterocycles. The fourth-order valence-electron chi connectivity index (χ4n) is 1.39. The second kappa shape index (κ2) is 4.84. The van der Waals surface area contributed by atoms with E-state index in [1.165, 1.54) is 13.2 Å². The van der Waals surface area contributed by atoms with E-state index >= 15 is 0 Å². The Balaban J connectivity index is 3.13. The first-order valence-electron chi connectivity index (χ1n) is 4.99. The maximum Gasteiger partial charge on any atom is 0.182 e. The Morgan fingerprint density at radius 2 is 2.06 bits per heavy atom. The van der Waals surface area contributed by atoms with Gasteiger partial charge in [-0.3, -0.25) is 0 Å². The monoisotopic (exact) mass is 243 g/mol. The molecule has 0 bridgehead atoms. The van der Waals surface area contributed by atoms with E-state index in [2.05, 4.69) is 0 Å². The molecule has 0 aliphatic rings. The zero-order chi connectivity index (χ0) is 12.3. The number of benzene rings is 1. The molecule has 0 aliphatic carbocycles. The van der Waals surface area contributed by atoms with Crippen molar-refractivity contribution in [2.75, 3.05) is 18.6 Å². The van der Waals surface area contributed by atoms with Gasteiger partial charge in [-0.15, -0.1) is 0 Å². The minimum Gasteiger partial charge on any atom is -0.397 e. The predicted octanol–water partition coefficient (Wildman–Crippen LogP) is 1.39. The van der Waals surface area contributed by atoms with E-state index < -0.39 is 9.84 Å². The number of para-hydroxylation sites is 1. The molecule has 1 atom stereocenters. The largest absolute Gasteiger partial charge is 0.397 e. The third-order valence-corrected chi connectivity index (χ3v) is 4.41. The Kier molecular flexibility index (Phi) is 3.93. The smallest absolute Gasteiger partial charge is 0.182 e. The highest BCUT2D eigenvalue weighted by Crippen LogP contribution is 2.23. The third-order valence-electron chi connectivity index (χ3n) is 2.48. The van der Waals surface area contributed by atoms with Crippen molar-refractivity contribution in [2.24, 2.45) is 0 Å². The van der Waals surface area contributed by atoms with E-state index in [0.717, 1.165) is 5.56 Å². The van der Waals surface area contributed by atoms with Gasteiger partial charge in [0, 0.05) is 7.11 Å². The lowest BCUT2D eigenvalue weighted by Crippen LogP contribution is -2.21. The molecule has 1 unspecified atom stereocenters. The quantitative estimate of drug-likeness (QED) is 0.811. The topological polar surface area (TPSA) is 69.4 Å². The number of aryl methyl sites for hydroxylation is 1. The summed E-state index contributed by atoms with van der Waals surface area (Å²) < 4.78 is 29.0. The van der Waals surface area contributed by atoms with E-state index in [1.54, 1.807) is 26.0 Å². The SMILES string of the molecule is COC(C)CS(=O)(=O)c1cccc(C)c1N. The van der Waals surface area contributed by atoms with Crippen LogP contribution in [0.4, 0.5) is 5.69 Å². The molecule has 0 spiro atoms. The number of anilines is 1. The molecular formula is C11H17NO3S. The molecule has 4 nitrogen and oxygen atoms in total. The molecular weight excluding hydrogens is 226 g/mol. The van der Waals surface area contributed by atoms with Crippen molar-refractivity contribution in [2.45, 2.75) is 24.8 Å². The van der Waals surface area contributed by atoms with Gasteiger partial charge in [-0.1, -0.05) is 12.1 Å². The van der Waals surface area contributed by atoms with E-state index in [1.807, 2.05) is 0 Å². The Morgan fingerprint density at radius 3 is 2.62 bits per heavy atom. The predicted molar refractivity (Wildman–Crippen MR) is 64.1 cm³/mol. The van der Waals surface area contributed by atoms with Crippen molar-refractivity contribution in [3.05, 3.63) is 23.8 Å². The van der Waals surface area contributed by atoms with E-state index in [4.69, 9.17) is 10.5 Å². The number of sulfone groups is 1. The van der Waals surface area contributed by atoms with Crippen LogP contribution in [0.1, 0.15) is 12.5 Å². The van der Waals surface area contributed by atoms with Gasteiger partial charge in [0.2, 0.25) is 0 Å². The fourth-order valence-corrected chi connectivity index (χ4v) is 3.11. The van der Waals surface area contributed by atoms with Crippen molar-refractivity contribution in [1.29, 1.82) is 0 Å². The standard InChI is InChI=1S/C11H17NO3S/c1-8-5-4-6-10(11(8)12)16(13,14)7-9(2)15-3/h4-6,9H,7,12H2,1-3H3. The van der Waals surface area contributed by atoms with Crippen LogP contribution in [0.25, 0.3) is 0 Å². The van der Waals surface area contributed by atoms with Gasteiger partial charge in [0.15, 0.2) is 9.84 Å². The summed E-state index contributed by atoms with van der Waals surface area (Å²) in [5.74, 6) is -0.0584. The van der Waals surface area contributed by atoms with Gasteiger partial charge >= 0.3 is 0 Å². The second-order valence-electron chi connectivity index (χ2n) is 3.81. The van der Waals surface area contributed by atoms with Crippen molar-refractivity contribution < 1.29 is 13.2 Å². The summed E-state index contributed by atoms with van der Waals surface area (Å²) in [6.45, 7) is 3.50. The summed E-state index contributed by atoms with van der Waals surface area (Å²) in [6.07, 6.45) is -0.343. The molecule has 1 aromatic carbocycles. The van der Waals surface area contributed by atoms with Crippen LogP contribution < -0.4 is 5.73 Å². The van der Waals surface area contributed by atoms with Crippen molar-refractivity contribution >= 4 is 15.5 Å². The summed E-state index contributed by atoms with van der Waals surface area (Å²) in [4.78, 5) is 0.191. The number of ether oxygens (including phenoxy) is 1. The lowest BCUT2D eigenvalue weighted by Gasteiger charge is -2.12. The third kappa shape index (κ3) is 2.74. The first-order valence-corrected chi connectivity index (χ1v) is 6.64. The maximum atomic E-state index is 12.0. The van der Waals surface area contributed by atoms with Gasteiger partial charge in [0.25, 0.3) is 0 Å². The van der Waals surface area contributed by atoms with E-state index in [0.29, 0.717) is 5.69 Å². The Morgan fingerprint density at radius 1 is 1.44 bits per heavy atom. The summed E-state index contributed by atoms with van der Waals surface area (Å²) in [7, 11) is -1.89. The first kappa shape index (κ1) is 13.0. The Labute approximate surface area is 96.3 Å². The molecule has 0 amide bonds. The molecule has 1 aromatic rings. The second-order valence-corrected chi connectivity index (χ2v) is 5.82. The van der Waals surface area contributed by atoms with Crippen LogP contribution in [-0.4, -0.2) is 27.4 Å². The molecule has 16 heavy (non-hydrogen) atoms. The van der Waals surface area contributed by atoms with Crippen LogP contribution in [0, 0.1) is 6.92 Å². The molecule has 0 radical (unpaired) electrons. The van der Waals surface area contributed by atoms with Crippen LogP contribution in [0.5, 0.6) is 0 Å². The van der Waals surface area contributed by atoms with Crippen LogP contribution in [0.15, 0.2) is 23.1 Å². The van der Waals surface area contributed by atoms with E-state index in [-0.39, 0.29) is 16.8 Å². The minimum atomic E-state index is -3.37. The highest BCUT2D eigenvalue weighted by atomic mass is 32.2. The van der Waals surface area contributed by atoms with E-state index in [9.17, 15) is 8.42 Å². The number of rotatable bonds is 4. The lowest BCUT2D eigenvalue weighted by molar-refractivity contribution is 0.136. The molecule has 2 N–H and O–H groups in total. The maximum absolute atomic E-state index is 12.0. The molecule has 1 rings (SSSR count). The molecule has 0 saturated carbocycles. The Hall–Kier alpha value is -1.07. The molecule has 0 heterocycles. The number of hydrogen-bond acceptors (Lipinski definition) is 4. The minimum absolute atomic E-state index is 0.0584. The van der Waals surface area contributed by atoms with Crippen LogP contribution in [-0.2, 0) is 14.6 Å². The van der Waals surface area contributed by atoms with Gasteiger partial charge in [0.1, 0.15) is 0 Å². The van der Waals surface area contributed by atoms with Gasteiger partial charge < -0.3 is 10.5 Å².